The molecular weight excluding hydrogens is 254 g/mol. The molecule has 2 heterocycles. The fourth-order valence-electron chi connectivity index (χ4n) is 2.83. The van der Waals surface area contributed by atoms with E-state index in [9.17, 15) is 0 Å². The van der Waals surface area contributed by atoms with Crippen LogP contribution in [0.15, 0.2) is 30.6 Å². The number of benzene rings is 1. The first-order valence-corrected chi connectivity index (χ1v) is 7.62. The Labute approximate surface area is 118 Å². The van der Waals surface area contributed by atoms with Crippen molar-refractivity contribution in [2.24, 2.45) is 0 Å². The molecule has 1 aromatic heterocycles. The van der Waals surface area contributed by atoms with Gasteiger partial charge in [-0.05, 0) is 12.1 Å². The van der Waals surface area contributed by atoms with E-state index in [1.807, 2.05) is 12.3 Å². The van der Waals surface area contributed by atoms with E-state index in [4.69, 9.17) is 5.73 Å². The lowest BCUT2D eigenvalue weighted by atomic mass is 10.1. The number of anilines is 2. The van der Waals surface area contributed by atoms with Crippen LogP contribution in [0.1, 0.15) is 13.8 Å². The fourth-order valence-corrected chi connectivity index (χ4v) is 4.16. The van der Waals surface area contributed by atoms with Gasteiger partial charge >= 0.3 is 0 Å². The van der Waals surface area contributed by atoms with E-state index in [1.54, 1.807) is 6.20 Å². The molecule has 1 aliphatic rings. The van der Waals surface area contributed by atoms with E-state index in [0.29, 0.717) is 10.5 Å². The molecule has 2 unspecified atom stereocenters. The highest BCUT2D eigenvalue weighted by Gasteiger charge is 2.24. The monoisotopic (exact) mass is 273 g/mol. The molecule has 1 aromatic carbocycles. The van der Waals surface area contributed by atoms with E-state index in [0.717, 1.165) is 35.2 Å². The van der Waals surface area contributed by atoms with Gasteiger partial charge in [0.1, 0.15) is 0 Å². The van der Waals surface area contributed by atoms with Crippen molar-refractivity contribution < 1.29 is 0 Å². The van der Waals surface area contributed by atoms with Crippen LogP contribution in [0.25, 0.3) is 10.8 Å². The van der Waals surface area contributed by atoms with E-state index in [-0.39, 0.29) is 0 Å². The van der Waals surface area contributed by atoms with Crippen molar-refractivity contribution >= 4 is 33.9 Å². The summed E-state index contributed by atoms with van der Waals surface area (Å²) in [4.78, 5) is 6.57. The molecule has 3 nitrogen and oxygen atoms in total. The highest BCUT2D eigenvalue weighted by Crippen LogP contribution is 2.35. The Hall–Kier alpha value is -1.42. The smallest absolute Gasteiger partial charge is 0.0632 e. The van der Waals surface area contributed by atoms with Crippen LogP contribution in [0.3, 0.4) is 0 Å². The normalized spacial score (nSPS) is 23.8. The summed E-state index contributed by atoms with van der Waals surface area (Å²) in [6.07, 6.45) is 3.67. The molecule has 0 aliphatic carbocycles. The highest BCUT2D eigenvalue weighted by atomic mass is 32.2. The minimum Gasteiger partial charge on any atom is -0.397 e. The van der Waals surface area contributed by atoms with Gasteiger partial charge in [-0.1, -0.05) is 19.9 Å². The van der Waals surface area contributed by atoms with Crippen molar-refractivity contribution in [1.82, 2.24) is 4.98 Å². The summed E-state index contributed by atoms with van der Waals surface area (Å²) >= 11 is 2.06. The summed E-state index contributed by atoms with van der Waals surface area (Å²) in [6.45, 7) is 6.70. The van der Waals surface area contributed by atoms with Crippen molar-refractivity contribution in [2.45, 2.75) is 24.3 Å². The maximum atomic E-state index is 6.36. The third-order valence-corrected chi connectivity index (χ3v) is 4.83. The topological polar surface area (TPSA) is 42.2 Å². The molecule has 0 bridgehead atoms. The molecule has 100 valence electrons. The van der Waals surface area contributed by atoms with Crippen LogP contribution in [-0.2, 0) is 0 Å². The maximum Gasteiger partial charge on any atom is 0.0632 e. The number of aromatic nitrogens is 1. The molecule has 4 heteroatoms. The predicted molar refractivity (Wildman–Crippen MR) is 84.9 cm³/mol. The molecule has 0 radical (unpaired) electrons. The van der Waals surface area contributed by atoms with E-state index >= 15 is 0 Å². The summed E-state index contributed by atoms with van der Waals surface area (Å²) in [5.41, 5.74) is 8.41. The Balaban J connectivity index is 2.03. The minimum atomic E-state index is 0.649. The molecule has 1 saturated heterocycles. The van der Waals surface area contributed by atoms with Gasteiger partial charge in [-0.2, -0.15) is 11.8 Å². The molecule has 1 fully saturated rings. The van der Waals surface area contributed by atoms with Gasteiger partial charge in [-0.15, -0.1) is 0 Å². The summed E-state index contributed by atoms with van der Waals surface area (Å²) in [5, 5.41) is 3.51. The lowest BCUT2D eigenvalue weighted by Crippen LogP contribution is -2.40. The van der Waals surface area contributed by atoms with Crippen LogP contribution in [0, 0.1) is 0 Å². The lowest BCUT2D eigenvalue weighted by Gasteiger charge is -2.37. The Morgan fingerprint density at radius 1 is 1.21 bits per heavy atom. The number of hydrogen-bond donors (Lipinski definition) is 1. The third kappa shape index (κ3) is 2.37. The van der Waals surface area contributed by atoms with Gasteiger partial charge in [0.25, 0.3) is 0 Å². The standard InChI is InChI=1S/C15H19N3S/c1-10-8-18(9-11(2)19-10)14-4-3-12-7-17-6-5-13(12)15(14)16/h3-7,10-11H,8-9,16H2,1-2H3. The van der Waals surface area contributed by atoms with E-state index in [2.05, 4.69) is 47.6 Å². The van der Waals surface area contributed by atoms with Crippen LogP contribution < -0.4 is 10.6 Å². The van der Waals surface area contributed by atoms with Crippen molar-refractivity contribution in [3.05, 3.63) is 30.6 Å². The number of nitrogens with zero attached hydrogens (tertiary/aromatic N) is 2. The Morgan fingerprint density at radius 3 is 2.68 bits per heavy atom. The molecular formula is C15H19N3S. The summed E-state index contributed by atoms with van der Waals surface area (Å²) < 4.78 is 0. The first-order chi connectivity index (χ1) is 9.15. The second-order valence-electron chi connectivity index (χ2n) is 5.26. The number of nitrogen functional groups attached to an aromatic ring is 1. The van der Waals surface area contributed by atoms with E-state index < -0.39 is 0 Å². The maximum absolute atomic E-state index is 6.36. The molecule has 2 N–H and O–H groups in total. The van der Waals surface area contributed by atoms with Crippen LogP contribution in [0.2, 0.25) is 0 Å². The quantitative estimate of drug-likeness (QED) is 0.811. The molecule has 3 rings (SSSR count). The predicted octanol–water partition coefficient (Wildman–Crippen LogP) is 3.15. The number of hydrogen-bond acceptors (Lipinski definition) is 4. The number of rotatable bonds is 1. The zero-order valence-electron chi connectivity index (χ0n) is 11.3. The number of thioether (sulfide) groups is 1. The van der Waals surface area contributed by atoms with Crippen LogP contribution >= 0.6 is 11.8 Å². The Bertz CT molecular complexity index is 589. The van der Waals surface area contributed by atoms with Crippen LogP contribution in [0.5, 0.6) is 0 Å². The summed E-state index contributed by atoms with van der Waals surface area (Å²) in [5.74, 6) is 0. The van der Waals surface area contributed by atoms with Gasteiger partial charge in [0.15, 0.2) is 0 Å². The third-order valence-electron chi connectivity index (χ3n) is 3.60. The first kappa shape index (κ1) is 12.6. The van der Waals surface area contributed by atoms with Crippen LogP contribution in [-0.4, -0.2) is 28.6 Å². The molecule has 1 aliphatic heterocycles. The number of pyridine rings is 1. The second-order valence-corrected chi connectivity index (χ2v) is 7.14. The van der Waals surface area contributed by atoms with Gasteiger partial charge in [-0.3, -0.25) is 4.98 Å². The van der Waals surface area contributed by atoms with Gasteiger partial charge in [0, 0.05) is 46.8 Å². The molecule has 0 saturated carbocycles. The Kier molecular flexibility index (Phi) is 3.27. The Morgan fingerprint density at radius 2 is 1.95 bits per heavy atom. The fraction of sp³-hybridized carbons (Fsp3) is 0.400. The van der Waals surface area contributed by atoms with Gasteiger partial charge in [0.2, 0.25) is 0 Å². The van der Waals surface area contributed by atoms with Crippen molar-refractivity contribution in [2.75, 3.05) is 23.7 Å². The SMILES string of the molecule is CC1CN(c2ccc3cnccc3c2N)CC(C)S1. The molecule has 0 amide bonds. The lowest BCUT2D eigenvalue weighted by molar-refractivity contribution is 0.729. The van der Waals surface area contributed by atoms with Gasteiger partial charge < -0.3 is 10.6 Å². The van der Waals surface area contributed by atoms with Crippen LogP contribution in [0.4, 0.5) is 11.4 Å². The van der Waals surface area contributed by atoms with Crippen molar-refractivity contribution in [3.8, 4) is 0 Å². The van der Waals surface area contributed by atoms with Gasteiger partial charge in [0.05, 0.1) is 11.4 Å². The summed E-state index contributed by atoms with van der Waals surface area (Å²) in [7, 11) is 0. The second kappa shape index (κ2) is 4.93. The van der Waals surface area contributed by atoms with Gasteiger partial charge in [-0.25, -0.2) is 0 Å². The molecule has 19 heavy (non-hydrogen) atoms. The molecule has 0 spiro atoms. The van der Waals surface area contributed by atoms with Crippen molar-refractivity contribution in [1.29, 1.82) is 0 Å². The highest BCUT2D eigenvalue weighted by molar-refractivity contribution is 8.00. The average molecular weight is 273 g/mol. The summed E-state index contributed by atoms with van der Waals surface area (Å²) in [6, 6.07) is 6.25. The zero-order chi connectivity index (χ0) is 13.4. The van der Waals surface area contributed by atoms with E-state index in [1.165, 1.54) is 0 Å². The molecule has 2 aromatic rings. The number of nitrogens with two attached hydrogens (primary N) is 1. The first-order valence-electron chi connectivity index (χ1n) is 6.68. The molecule has 2 atom stereocenters. The average Bonchev–Trinajstić information content (AvgIpc) is 2.38. The van der Waals surface area contributed by atoms with Crippen molar-refractivity contribution in [3.63, 3.8) is 0 Å². The zero-order valence-corrected chi connectivity index (χ0v) is 12.2. The largest absolute Gasteiger partial charge is 0.397 e. The number of fused-ring (bicyclic) bond motifs is 1. The minimum absolute atomic E-state index is 0.649.